The summed E-state index contributed by atoms with van der Waals surface area (Å²) < 4.78 is 11.0. The molecule has 6 heteroatoms. The van der Waals surface area contributed by atoms with Crippen LogP contribution in [0.2, 0.25) is 0 Å². The summed E-state index contributed by atoms with van der Waals surface area (Å²) >= 11 is 0. The molecule has 0 aliphatic rings. The molecule has 1 amide bonds. The largest absolute Gasteiger partial charge is 0.478 e. The first-order valence-corrected chi connectivity index (χ1v) is 11.2. The number of pyridine rings is 1. The van der Waals surface area contributed by atoms with Gasteiger partial charge in [-0.1, -0.05) is 24.3 Å². The summed E-state index contributed by atoms with van der Waals surface area (Å²) in [5.74, 6) is 0.462. The van der Waals surface area contributed by atoms with Crippen molar-refractivity contribution in [1.82, 2.24) is 10.3 Å². The first kappa shape index (κ1) is 24.2. The zero-order chi connectivity index (χ0) is 24.3. The molecule has 1 atom stereocenters. The fourth-order valence-corrected chi connectivity index (χ4v) is 3.89. The fourth-order valence-electron chi connectivity index (χ4n) is 3.89. The molecule has 6 nitrogen and oxygen atoms in total. The lowest BCUT2D eigenvalue weighted by Gasteiger charge is -2.23. The molecule has 33 heavy (non-hydrogen) atoms. The zero-order valence-electron chi connectivity index (χ0n) is 20.4. The van der Waals surface area contributed by atoms with Gasteiger partial charge in [-0.15, -0.1) is 0 Å². The van der Waals surface area contributed by atoms with Crippen molar-refractivity contribution in [1.29, 1.82) is 0 Å². The Labute approximate surface area is 195 Å². The van der Waals surface area contributed by atoms with E-state index in [-0.39, 0.29) is 11.8 Å². The van der Waals surface area contributed by atoms with E-state index in [1.165, 1.54) is 0 Å². The predicted octanol–water partition coefficient (Wildman–Crippen LogP) is 6.07. The molecule has 3 rings (SSSR count). The summed E-state index contributed by atoms with van der Waals surface area (Å²) in [6.07, 6.45) is 1.19. The van der Waals surface area contributed by atoms with E-state index in [0.717, 1.165) is 27.5 Å². The van der Waals surface area contributed by atoms with Crippen molar-refractivity contribution in [2.45, 2.75) is 60.1 Å². The number of carbonyl (C=O) groups excluding carboxylic acids is 2. The van der Waals surface area contributed by atoms with Crippen LogP contribution in [0.3, 0.4) is 0 Å². The molecule has 0 aliphatic heterocycles. The SMILES string of the molecule is CCOc1nccc2c(C(=O)c3ccc(C(C)NC(=O)OC(C)(C)C)c(C)c3C)cccc12. The molecule has 0 bridgehead atoms. The summed E-state index contributed by atoms with van der Waals surface area (Å²) in [5.41, 5.74) is 3.44. The molecule has 2 aromatic carbocycles. The number of carbonyl (C=O) groups is 2. The Morgan fingerprint density at radius 1 is 1.00 bits per heavy atom. The van der Waals surface area contributed by atoms with Gasteiger partial charge in [0.15, 0.2) is 5.78 Å². The van der Waals surface area contributed by atoms with Crippen LogP contribution in [0.5, 0.6) is 5.88 Å². The van der Waals surface area contributed by atoms with Crippen LogP contribution in [0.25, 0.3) is 10.8 Å². The summed E-state index contributed by atoms with van der Waals surface area (Å²) in [4.78, 5) is 30.1. The number of fused-ring (bicyclic) bond motifs is 1. The van der Waals surface area contributed by atoms with Crippen molar-refractivity contribution in [2.75, 3.05) is 6.61 Å². The van der Waals surface area contributed by atoms with Crippen LogP contribution < -0.4 is 10.1 Å². The van der Waals surface area contributed by atoms with Gasteiger partial charge in [0.25, 0.3) is 0 Å². The average Bonchev–Trinajstić information content (AvgIpc) is 2.73. The summed E-state index contributed by atoms with van der Waals surface area (Å²) in [5, 5.41) is 4.50. The Bertz CT molecular complexity index is 1190. The molecule has 0 saturated heterocycles. The Kier molecular flexibility index (Phi) is 7.06. The molecule has 0 fully saturated rings. The van der Waals surface area contributed by atoms with Gasteiger partial charge < -0.3 is 14.8 Å². The maximum atomic E-state index is 13.6. The predicted molar refractivity (Wildman–Crippen MR) is 130 cm³/mol. The number of ether oxygens (including phenoxy) is 2. The second-order valence-electron chi connectivity index (χ2n) is 9.10. The molecular weight excluding hydrogens is 416 g/mol. The van der Waals surface area contributed by atoms with Crippen LogP contribution in [0.4, 0.5) is 4.79 Å². The number of nitrogens with zero attached hydrogens (tertiary/aromatic N) is 1. The van der Waals surface area contributed by atoms with Crippen LogP contribution in [-0.2, 0) is 4.74 Å². The van der Waals surface area contributed by atoms with Gasteiger partial charge in [-0.25, -0.2) is 9.78 Å². The Morgan fingerprint density at radius 2 is 1.73 bits per heavy atom. The van der Waals surface area contributed by atoms with E-state index in [0.29, 0.717) is 23.6 Å². The van der Waals surface area contributed by atoms with E-state index in [9.17, 15) is 9.59 Å². The Hall–Kier alpha value is -3.41. The summed E-state index contributed by atoms with van der Waals surface area (Å²) in [6.45, 7) is 13.7. The van der Waals surface area contributed by atoms with Gasteiger partial charge in [0.2, 0.25) is 5.88 Å². The van der Waals surface area contributed by atoms with Gasteiger partial charge in [-0.3, -0.25) is 4.79 Å². The average molecular weight is 449 g/mol. The Morgan fingerprint density at radius 3 is 2.39 bits per heavy atom. The van der Waals surface area contributed by atoms with Crippen molar-refractivity contribution in [3.8, 4) is 5.88 Å². The topological polar surface area (TPSA) is 77.5 Å². The van der Waals surface area contributed by atoms with Gasteiger partial charge in [0.05, 0.1) is 12.6 Å². The van der Waals surface area contributed by atoms with E-state index in [2.05, 4.69) is 10.3 Å². The van der Waals surface area contributed by atoms with Gasteiger partial charge >= 0.3 is 6.09 Å². The van der Waals surface area contributed by atoms with Crippen LogP contribution in [0.15, 0.2) is 42.6 Å². The number of hydrogen-bond acceptors (Lipinski definition) is 5. The molecule has 0 aliphatic carbocycles. The van der Waals surface area contributed by atoms with Crippen molar-refractivity contribution >= 4 is 22.6 Å². The molecule has 1 aromatic heterocycles. The fraction of sp³-hybridized carbons (Fsp3) is 0.370. The summed E-state index contributed by atoms with van der Waals surface area (Å²) in [7, 11) is 0. The minimum Gasteiger partial charge on any atom is -0.478 e. The first-order valence-electron chi connectivity index (χ1n) is 11.2. The van der Waals surface area contributed by atoms with Gasteiger partial charge in [-0.2, -0.15) is 0 Å². The normalized spacial score (nSPS) is 12.3. The number of aromatic nitrogens is 1. The van der Waals surface area contributed by atoms with E-state index >= 15 is 0 Å². The number of rotatable bonds is 6. The van der Waals surface area contributed by atoms with E-state index < -0.39 is 11.7 Å². The highest BCUT2D eigenvalue weighted by atomic mass is 16.6. The minimum atomic E-state index is -0.568. The molecule has 3 aromatic rings. The van der Waals surface area contributed by atoms with Crippen LogP contribution >= 0.6 is 0 Å². The number of hydrogen-bond donors (Lipinski definition) is 1. The van der Waals surface area contributed by atoms with Crippen LogP contribution in [0.1, 0.15) is 73.3 Å². The second-order valence-corrected chi connectivity index (χ2v) is 9.10. The molecular formula is C27H32N2O4. The molecule has 0 radical (unpaired) electrons. The van der Waals surface area contributed by atoms with Gasteiger partial charge in [0, 0.05) is 22.7 Å². The highest BCUT2D eigenvalue weighted by Crippen LogP contribution is 2.30. The van der Waals surface area contributed by atoms with Crippen molar-refractivity contribution in [2.24, 2.45) is 0 Å². The van der Waals surface area contributed by atoms with Gasteiger partial charge in [-0.05, 0) is 82.7 Å². The monoisotopic (exact) mass is 448 g/mol. The lowest BCUT2D eigenvalue weighted by molar-refractivity contribution is 0.0507. The smallest absolute Gasteiger partial charge is 0.408 e. The third-order valence-electron chi connectivity index (χ3n) is 5.57. The third kappa shape index (κ3) is 5.33. The number of amides is 1. The highest BCUT2D eigenvalue weighted by Gasteiger charge is 2.22. The molecule has 1 unspecified atom stereocenters. The maximum absolute atomic E-state index is 13.6. The number of alkyl carbamates (subject to hydrolysis) is 1. The molecule has 174 valence electrons. The van der Waals surface area contributed by atoms with Gasteiger partial charge in [0.1, 0.15) is 5.60 Å². The first-order chi connectivity index (χ1) is 15.5. The number of nitrogens with one attached hydrogen (secondary N) is 1. The Balaban J connectivity index is 1.94. The van der Waals surface area contributed by atoms with Crippen molar-refractivity contribution in [3.63, 3.8) is 0 Å². The van der Waals surface area contributed by atoms with Crippen molar-refractivity contribution < 1.29 is 19.1 Å². The molecule has 1 N–H and O–H groups in total. The highest BCUT2D eigenvalue weighted by molar-refractivity contribution is 6.17. The quantitative estimate of drug-likeness (QED) is 0.463. The van der Waals surface area contributed by atoms with E-state index in [1.54, 1.807) is 6.20 Å². The standard InChI is InChI=1S/C27H32N2O4/c1-8-32-25-23-11-9-10-22(21(23)14-15-28-25)24(30)20-13-12-19(16(2)17(20)3)18(4)29-26(31)33-27(5,6)7/h9-15,18H,8H2,1-7H3,(H,29,31). The number of ketones is 1. The van der Waals surface area contributed by atoms with E-state index in [1.807, 2.05) is 84.9 Å². The van der Waals surface area contributed by atoms with Crippen LogP contribution in [0, 0.1) is 13.8 Å². The van der Waals surface area contributed by atoms with E-state index in [4.69, 9.17) is 9.47 Å². The molecule has 0 saturated carbocycles. The number of benzene rings is 2. The van der Waals surface area contributed by atoms with Crippen LogP contribution in [-0.4, -0.2) is 29.1 Å². The summed E-state index contributed by atoms with van der Waals surface area (Å²) in [6, 6.07) is 10.9. The second kappa shape index (κ2) is 9.61. The molecule has 1 heterocycles. The molecule has 0 spiro atoms. The third-order valence-corrected chi connectivity index (χ3v) is 5.57. The zero-order valence-corrected chi connectivity index (χ0v) is 20.4. The lowest BCUT2D eigenvalue weighted by atomic mass is 9.89. The van der Waals surface area contributed by atoms with Crippen molar-refractivity contribution in [3.05, 3.63) is 70.4 Å². The lowest BCUT2D eigenvalue weighted by Crippen LogP contribution is -2.34. The minimum absolute atomic E-state index is 0.0610. The maximum Gasteiger partial charge on any atom is 0.408 e.